The zero-order valence-corrected chi connectivity index (χ0v) is 15.4. The second-order valence-electron chi connectivity index (χ2n) is 5.27. The highest BCUT2D eigenvalue weighted by atomic mass is 35.5. The summed E-state index contributed by atoms with van der Waals surface area (Å²) in [6, 6.07) is 14.1. The Morgan fingerprint density at radius 1 is 1.16 bits per heavy atom. The highest BCUT2D eigenvalue weighted by Gasteiger charge is 2.06. The van der Waals surface area contributed by atoms with Gasteiger partial charge in [-0.05, 0) is 61.1 Å². The Morgan fingerprint density at radius 2 is 1.92 bits per heavy atom. The van der Waals surface area contributed by atoms with Gasteiger partial charge in [0.25, 0.3) is 5.91 Å². The normalized spacial score (nSPS) is 10.0. The van der Waals surface area contributed by atoms with Crippen LogP contribution in [0, 0.1) is 0 Å². The summed E-state index contributed by atoms with van der Waals surface area (Å²) in [5.41, 5.74) is 6.42. The second kappa shape index (κ2) is 9.86. The average molecular weight is 378 g/mol. The first-order valence-electron chi connectivity index (χ1n) is 7.94. The van der Waals surface area contributed by atoms with Crippen LogP contribution < -0.4 is 20.9 Å². The number of hydrogen-bond donors (Lipinski definition) is 3. The van der Waals surface area contributed by atoms with Crippen LogP contribution in [0.4, 0.5) is 5.69 Å². The quantitative estimate of drug-likeness (QED) is 0.401. The smallest absolute Gasteiger partial charge is 0.269 e. The first kappa shape index (κ1) is 19.0. The maximum atomic E-state index is 12.1. The van der Waals surface area contributed by atoms with Crippen LogP contribution >= 0.6 is 23.8 Å². The number of hydrazine groups is 1. The van der Waals surface area contributed by atoms with Gasteiger partial charge in [-0.15, -0.1) is 0 Å². The van der Waals surface area contributed by atoms with E-state index in [-0.39, 0.29) is 11.0 Å². The molecule has 0 saturated carbocycles. The lowest BCUT2D eigenvalue weighted by molar-refractivity contribution is 0.0944. The minimum absolute atomic E-state index is 0.259. The maximum Gasteiger partial charge on any atom is 0.269 e. The summed E-state index contributed by atoms with van der Waals surface area (Å²) in [4.78, 5) is 12.1. The molecule has 0 fully saturated rings. The number of hydrogen-bond acceptors (Lipinski definition) is 3. The molecule has 2 rings (SSSR count). The fraction of sp³-hybridized carbons (Fsp3) is 0.222. The van der Waals surface area contributed by atoms with Crippen molar-refractivity contribution >= 4 is 40.5 Å². The predicted octanol–water partition coefficient (Wildman–Crippen LogP) is 4.15. The number of nitrogens with one attached hydrogen (secondary N) is 3. The number of benzene rings is 2. The summed E-state index contributed by atoms with van der Waals surface area (Å²) in [5, 5.41) is 3.78. The summed E-state index contributed by atoms with van der Waals surface area (Å²) in [5.74, 6) is 0.450. The van der Waals surface area contributed by atoms with E-state index in [1.807, 2.05) is 6.07 Å². The summed E-state index contributed by atoms with van der Waals surface area (Å²) in [6.45, 7) is 2.78. The molecule has 0 aromatic heterocycles. The molecule has 2 aromatic rings. The fourth-order valence-electron chi connectivity index (χ4n) is 1.95. The van der Waals surface area contributed by atoms with Crippen LogP contribution in [0.3, 0.4) is 0 Å². The average Bonchev–Trinajstić information content (AvgIpc) is 2.60. The molecule has 0 bridgehead atoms. The molecule has 0 saturated heterocycles. The third kappa shape index (κ3) is 6.60. The molecule has 0 radical (unpaired) electrons. The second-order valence-corrected chi connectivity index (χ2v) is 6.11. The first-order chi connectivity index (χ1) is 12.1. The number of carbonyl (C=O) groups is 1. The third-order valence-electron chi connectivity index (χ3n) is 3.26. The number of rotatable bonds is 6. The van der Waals surface area contributed by atoms with Gasteiger partial charge in [-0.2, -0.15) is 0 Å². The molecule has 0 heterocycles. The largest absolute Gasteiger partial charge is 0.494 e. The van der Waals surface area contributed by atoms with E-state index in [0.717, 1.165) is 24.3 Å². The summed E-state index contributed by atoms with van der Waals surface area (Å²) < 4.78 is 5.57. The van der Waals surface area contributed by atoms with Crippen LogP contribution in [0.15, 0.2) is 48.5 Å². The minimum atomic E-state index is -0.296. The molecule has 0 unspecified atom stereocenters. The van der Waals surface area contributed by atoms with Crippen LogP contribution in [0.1, 0.15) is 30.1 Å². The van der Waals surface area contributed by atoms with Gasteiger partial charge in [0.1, 0.15) is 5.75 Å². The van der Waals surface area contributed by atoms with E-state index < -0.39 is 0 Å². The maximum absolute atomic E-state index is 12.1. The topological polar surface area (TPSA) is 62.4 Å². The molecule has 0 aliphatic carbocycles. The molecule has 1 amide bonds. The first-order valence-corrected chi connectivity index (χ1v) is 8.73. The molecule has 132 valence electrons. The molecule has 7 heteroatoms. The van der Waals surface area contributed by atoms with Crippen LogP contribution in [-0.2, 0) is 0 Å². The molecule has 2 aromatic carbocycles. The Hall–Kier alpha value is -2.31. The van der Waals surface area contributed by atoms with Crippen LogP contribution in [-0.4, -0.2) is 17.6 Å². The van der Waals surface area contributed by atoms with Crippen molar-refractivity contribution in [2.45, 2.75) is 19.8 Å². The van der Waals surface area contributed by atoms with Crippen molar-refractivity contribution < 1.29 is 9.53 Å². The Labute approximate surface area is 157 Å². The van der Waals surface area contributed by atoms with Crippen LogP contribution in [0.2, 0.25) is 5.02 Å². The number of ether oxygens (including phenoxy) is 1. The van der Waals surface area contributed by atoms with Crippen molar-refractivity contribution in [1.29, 1.82) is 0 Å². The Kier molecular flexibility index (Phi) is 7.50. The third-order valence-corrected chi connectivity index (χ3v) is 3.69. The lowest BCUT2D eigenvalue weighted by Gasteiger charge is -2.12. The van der Waals surface area contributed by atoms with Gasteiger partial charge in [-0.25, -0.2) is 0 Å². The number of carbonyl (C=O) groups excluding carboxylic acids is 1. The predicted molar refractivity (Wildman–Crippen MR) is 105 cm³/mol. The molecule has 5 nitrogen and oxygen atoms in total. The van der Waals surface area contributed by atoms with Crippen molar-refractivity contribution in [1.82, 2.24) is 10.9 Å². The van der Waals surface area contributed by atoms with E-state index >= 15 is 0 Å². The Morgan fingerprint density at radius 3 is 2.60 bits per heavy atom. The van der Waals surface area contributed by atoms with E-state index in [1.54, 1.807) is 42.5 Å². The van der Waals surface area contributed by atoms with Gasteiger partial charge in [0.2, 0.25) is 0 Å². The van der Waals surface area contributed by atoms with Crippen LogP contribution in [0.25, 0.3) is 0 Å². The molecule has 0 aliphatic rings. The number of amides is 1. The van der Waals surface area contributed by atoms with E-state index in [2.05, 4.69) is 23.1 Å². The summed E-state index contributed by atoms with van der Waals surface area (Å²) in [6.07, 6.45) is 2.08. The highest BCUT2D eigenvalue weighted by Crippen LogP contribution is 2.15. The minimum Gasteiger partial charge on any atom is -0.494 e. The molecule has 3 N–H and O–H groups in total. The van der Waals surface area contributed by atoms with Gasteiger partial charge < -0.3 is 10.1 Å². The van der Waals surface area contributed by atoms with Gasteiger partial charge >= 0.3 is 0 Å². The molecular weight excluding hydrogens is 358 g/mol. The standard InChI is InChI=1S/C18H20ClN3O2S/c1-2-3-11-24-16-9-7-13(8-10-16)17(23)21-22-18(25)20-15-6-4-5-14(19)12-15/h4-10,12H,2-3,11H2,1H3,(H,21,23)(H2,20,22,25). The number of halogens is 1. The van der Waals surface area contributed by atoms with E-state index in [1.165, 1.54) is 0 Å². The molecule has 0 spiro atoms. The zero-order chi connectivity index (χ0) is 18.1. The van der Waals surface area contributed by atoms with Crippen LogP contribution in [0.5, 0.6) is 5.75 Å². The van der Waals surface area contributed by atoms with Crippen molar-refractivity contribution in [3.63, 3.8) is 0 Å². The SMILES string of the molecule is CCCCOc1ccc(C(=O)NNC(=S)Nc2cccc(Cl)c2)cc1. The van der Waals surface area contributed by atoms with Crippen molar-refractivity contribution in [2.24, 2.45) is 0 Å². The monoisotopic (exact) mass is 377 g/mol. The lowest BCUT2D eigenvalue weighted by Crippen LogP contribution is -2.43. The Balaban J connectivity index is 1.80. The van der Waals surface area contributed by atoms with Crippen molar-refractivity contribution in [2.75, 3.05) is 11.9 Å². The number of unbranched alkanes of at least 4 members (excludes halogenated alkanes) is 1. The summed E-state index contributed by atoms with van der Waals surface area (Å²) in [7, 11) is 0. The van der Waals surface area contributed by atoms with E-state index in [9.17, 15) is 4.79 Å². The molecular formula is C18H20ClN3O2S. The van der Waals surface area contributed by atoms with E-state index in [4.69, 9.17) is 28.6 Å². The van der Waals surface area contributed by atoms with Crippen molar-refractivity contribution in [3.05, 3.63) is 59.1 Å². The molecule has 25 heavy (non-hydrogen) atoms. The van der Waals surface area contributed by atoms with Gasteiger partial charge in [-0.1, -0.05) is 31.0 Å². The lowest BCUT2D eigenvalue weighted by atomic mass is 10.2. The highest BCUT2D eigenvalue weighted by molar-refractivity contribution is 7.80. The molecule has 0 atom stereocenters. The fourth-order valence-corrected chi connectivity index (χ4v) is 2.31. The van der Waals surface area contributed by atoms with E-state index in [0.29, 0.717) is 17.2 Å². The van der Waals surface area contributed by atoms with Crippen molar-refractivity contribution in [3.8, 4) is 5.75 Å². The number of thiocarbonyl (C=S) groups is 1. The molecule has 0 aliphatic heterocycles. The summed E-state index contributed by atoms with van der Waals surface area (Å²) >= 11 is 11.0. The Bertz CT molecular complexity index is 723. The number of anilines is 1. The van der Waals surface area contributed by atoms with Gasteiger partial charge in [0.05, 0.1) is 6.61 Å². The van der Waals surface area contributed by atoms with Gasteiger partial charge in [0.15, 0.2) is 5.11 Å². The van der Waals surface area contributed by atoms with Gasteiger partial charge in [0, 0.05) is 16.3 Å². The zero-order valence-electron chi connectivity index (χ0n) is 13.8. The van der Waals surface area contributed by atoms with Gasteiger partial charge in [-0.3, -0.25) is 15.6 Å².